The van der Waals surface area contributed by atoms with E-state index in [9.17, 15) is 4.79 Å². The monoisotopic (exact) mass is 268 g/mol. The lowest BCUT2D eigenvalue weighted by atomic mass is 10.2. The van der Waals surface area contributed by atoms with Crippen molar-refractivity contribution in [1.29, 1.82) is 0 Å². The highest BCUT2D eigenvalue weighted by molar-refractivity contribution is 7.99. The summed E-state index contributed by atoms with van der Waals surface area (Å²) in [5.74, 6) is 0.947. The number of carboxylic acid groups (broad SMARTS) is 1. The number of ether oxygens (including phenoxy) is 2. The molecule has 1 heterocycles. The zero-order valence-electron chi connectivity index (χ0n) is 10.4. The lowest BCUT2D eigenvalue weighted by molar-refractivity contribution is -0.140. The van der Waals surface area contributed by atoms with Gasteiger partial charge in [0.15, 0.2) is 11.5 Å². The van der Waals surface area contributed by atoms with Gasteiger partial charge in [0, 0.05) is 10.6 Å². The topological polar surface area (TPSA) is 55.8 Å². The minimum atomic E-state index is -0.766. The molecule has 0 fully saturated rings. The Morgan fingerprint density at radius 1 is 1.39 bits per heavy atom. The van der Waals surface area contributed by atoms with E-state index >= 15 is 0 Å². The molecule has 1 aromatic carbocycles. The summed E-state index contributed by atoms with van der Waals surface area (Å²) >= 11 is 1.54. The predicted octanol–water partition coefficient (Wildman–Crippen LogP) is 2.58. The number of aliphatic carboxylic acids is 1. The molecule has 1 aliphatic rings. The van der Waals surface area contributed by atoms with Gasteiger partial charge in [-0.1, -0.05) is 6.92 Å². The van der Waals surface area contributed by atoms with Crippen LogP contribution < -0.4 is 9.47 Å². The van der Waals surface area contributed by atoms with Gasteiger partial charge in [0.2, 0.25) is 0 Å². The van der Waals surface area contributed by atoms with Crippen LogP contribution >= 0.6 is 11.8 Å². The first-order chi connectivity index (χ1) is 8.58. The van der Waals surface area contributed by atoms with E-state index in [-0.39, 0.29) is 5.92 Å². The molecular formula is C13H16O4S. The maximum Gasteiger partial charge on any atom is 0.307 e. The fourth-order valence-corrected chi connectivity index (χ4v) is 2.66. The van der Waals surface area contributed by atoms with Crippen molar-refractivity contribution in [2.45, 2.75) is 18.7 Å². The normalized spacial score (nSPS) is 15.2. The smallest absolute Gasteiger partial charge is 0.307 e. The molecule has 0 saturated carbocycles. The van der Waals surface area contributed by atoms with Crippen LogP contribution in [0.1, 0.15) is 12.5 Å². The van der Waals surface area contributed by atoms with E-state index in [0.29, 0.717) is 19.0 Å². The van der Waals surface area contributed by atoms with Crippen molar-refractivity contribution < 1.29 is 19.4 Å². The molecule has 1 unspecified atom stereocenters. The van der Waals surface area contributed by atoms with Gasteiger partial charge in [-0.25, -0.2) is 0 Å². The average molecular weight is 268 g/mol. The summed E-state index contributed by atoms with van der Waals surface area (Å²) in [5.41, 5.74) is 1.09. The van der Waals surface area contributed by atoms with Crippen molar-refractivity contribution in [1.82, 2.24) is 0 Å². The molecule has 0 amide bonds. The SMILES string of the molecule is Cc1cc2c(cc1SCC(C)C(=O)O)OCCO2. The van der Waals surface area contributed by atoms with E-state index in [2.05, 4.69) is 0 Å². The number of fused-ring (bicyclic) bond motifs is 1. The van der Waals surface area contributed by atoms with Crippen LogP contribution in [0.15, 0.2) is 17.0 Å². The van der Waals surface area contributed by atoms with Crippen LogP contribution in [0.2, 0.25) is 0 Å². The van der Waals surface area contributed by atoms with E-state index in [0.717, 1.165) is 22.0 Å². The molecular weight excluding hydrogens is 252 g/mol. The second kappa shape index (κ2) is 5.52. The van der Waals surface area contributed by atoms with Gasteiger partial charge < -0.3 is 14.6 Å². The van der Waals surface area contributed by atoms with Crippen molar-refractivity contribution >= 4 is 17.7 Å². The number of benzene rings is 1. The van der Waals surface area contributed by atoms with Crippen LogP contribution in [0.3, 0.4) is 0 Å². The van der Waals surface area contributed by atoms with Crippen LogP contribution in [-0.4, -0.2) is 30.0 Å². The Balaban J connectivity index is 2.11. The van der Waals surface area contributed by atoms with Crippen LogP contribution in [-0.2, 0) is 4.79 Å². The van der Waals surface area contributed by atoms with Crippen molar-refractivity contribution in [2.24, 2.45) is 5.92 Å². The summed E-state index contributed by atoms with van der Waals surface area (Å²) in [6.45, 7) is 4.84. The highest BCUT2D eigenvalue weighted by Gasteiger charge is 2.16. The summed E-state index contributed by atoms with van der Waals surface area (Å²) in [7, 11) is 0. The number of carboxylic acids is 1. The molecule has 1 aliphatic heterocycles. The number of hydrogen-bond donors (Lipinski definition) is 1. The van der Waals surface area contributed by atoms with Gasteiger partial charge in [0.05, 0.1) is 5.92 Å². The lowest BCUT2D eigenvalue weighted by Crippen LogP contribution is -2.15. The highest BCUT2D eigenvalue weighted by atomic mass is 32.2. The lowest BCUT2D eigenvalue weighted by Gasteiger charge is -2.20. The number of aryl methyl sites for hydroxylation is 1. The first kappa shape index (κ1) is 13.1. The van der Waals surface area contributed by atoms with E-state index in [1.807, 2.05) is 19.1 Å². The molecule has 98 valence electrons. The Hall–Kier alpha value is -1.36. The quantitative estimate of drug-likeness (QED) is 0.851. The number of hydrogen-bond acceptors (Lipinski definition) is 4. The third-order valence-corrected chi connectivity index (χ3v) is 4.17. The molecule has 1 N–H and O–H groups in total. The van der Waals surface area contributed by atoms with Gasteiger partial charge >= 0.3 is 5.97 Å². The molecule has 18 heavy (non-hydrogen) atoms. The Morgan fingerprint density at radius 2 is 2.00 bits per heavy atom. The molecule has 2 rings (SSSR count). The Morgan fingerprint density at radius 3 is 2.61 bits per heavy atom. The van der Waals surface area contributed by atoms with Crippen molar-refractivity contribution in [3.63, 3.8) is 0 Å². The summed E-state index contributed by atoms with van der Waals surface area (Å²) in [4.78, 5) is 11.8. The molecule has 0 spiro atoms. The molecule has 1 aromatic rings. The van der Waals surface area contributed by atoms with Gasteiger partial charge in [0.25, 0.3) is 0 Å². The summed E-state index contributed by atoms with van der Waals surface area (Å²) in [6.07, 6.45) is 0. The maximum atomic E-state index is 10.8. The van der Waals surface area contributed by atoms with Crippen LogP contribution in [0.25, 0.3) is 0 Å². The molecule has 0 bridgehead atoms. The van der Waals surface area contributed by atoms with Crippen LogP contribution in [0.4, 0.5) is 0 Å². The first-order valence-corrected chi connectivity index (χ1v) is 6.82. The first-order valence-electron chi connectivity index (χ1n) is 5.84. The Kier molecular flexibility index (Phi) is 4.01. The Bertz CT molecular complexity index is 459. The van der Waals surface area contributed by atoms with Gasteiger partial charge in [-0.15, -0.1) is 11.8 Å². The van der Waals surface area contributed by atoms with Gasteiger partial charge in [-0.2, -0.15) is 0 Å². The molecule has 0 aromatic heterocycles. The van der Waals surface area contributed by atoms with Gasteiger partial charge in [-0.05, 0) is 24.6 Å². The number of rotatable bonds is 4. The van der Waals surface area contributed by atoms with Crippen molar-refractivity contribution in [3.05, 3.63) is 17.7 Å². The highest BCUT2D eigenvalue weighted by Crippen LogP contribution is 2.37. The third kappa shape index (κ3) is 2.90. The zero-order chi connectivity index (χ0) is 13.1. The van der Waals surface area contributed by atoms with Gasteiger partial charge in [-0.3, -0.25) is 4.79 Å². The molecule has 0 aliphatic carbocycles. The van der Waals surface area contributed by atoms with Crippen LogP contribution in [0.5, 0.6) is 11.5 Å². The number of carbonyl (C=O) groups is 1. The largest absolute Gasteiger partial charge is 0.486 e. The molecule has 1 atom stereocenters. The second-order valence-electron chi connectivity index (χ2n) is 4.31. The van der Waals surface area contributed by atoms with E-state index in [1.54, 1.807) is 6.92 Å². The van der Waals surface area contributed by atoms with E-state index < -0.39 is 5.97 Å². The van der Waals surface area contributed by atoms with E-state index in [4.69, 9.17) is 14.6 Å². The van der Waals surface area contributed by atoms with E-state index in [1.165, 1.54) is 11.8 Å². The second-order valence-corrected chi connectivity index (χ2v) is 5.37. The molecule has 0 saturated heterocycles. The summed E-state index contributed by atoms with van der Waals surface area (Å²) in [6, 6.07) is 3.88. The maximum absolute atomic E-state index is 10.8. The van der Waals surface area contributed by atoms with Crippen LogP contribution in [0, 0.1) is 12.8 Å². The average Bonchev–Trinajstić information content (AvgIpc) is 2.35. The predicted molar refractivity (Wildman–Crippen MR) is 69.7 cm³/mol. The minimum Gasteiger partial charge on any atom is -0.486 e. The molecule has 5 heteroatoms. The summed E-state index contributed by atoms with van der Waals surface area (Å²) in [5, 5.41) is 8.86. The zero-order valence-corrected chi connectivity index (χ0v) is 11.3. The van der Waals surface area contributed by atoms with Crippen molar-refractivity contribution in [3.8, 4) is 11.5 Å². The van der Waals surface area contributed by atoms with Crippen molar-refractivity contribution in [2.75, 3.05) is 19.0 Å². The number of thioether (sulfide) groups is 1. The molecule has 4 nitrogen and oxygen atoms in total. The third-order valence-electron chi connectivity index (χ3n) is 2.75. The Labute approximate surface area is 110 Å². The standard InChI is InChI=1S/C13H16O4S/c1-8-5-10-11(17-4-3-16-10)6-12(8)18-7-9(2)13(14)15/h5-6,9H,3-4,7H2,1-2H3,(H,14,15). The minimum absolute atomic E-state index is 0.359. The van der Waals surface area contributed by atoms with Gasteiger partial charge in [0.1, 0.15) is 13.2 Å². The fourth-order valence-electron chi connectivity index (χ4n) is 1.61. The molecule has 0 radical (unpaired) electrons. The fraction of sp³-hybridized carbons (Fsp3) is 0.462. The summed E-state index contributed by atoms with van der Waals surface area (Å²) < 4.78 is 11.0.